The van der Waals surface area contributed by atoms with E-state index in [1.165, 1.54) is 6.07 Å². The van der Waals surface area contributed by atoms with Crippen LogP contribution in [0.5, 0.6) is 0 Å². The Balaban J connectivity index is 2.07. The quantitative estimate of drug-likeness (QED) is 0.438. The number of nitro groups is 1. The lowest BCUT2D eigenvalue weighted by Gasteiger charge is -2.12. The van der Waals surface area contributed by atoms with Gasteiger partial charge in [0.05, 0.1) is 21.5 Å². The maximum atomic E-state index is 11.3. The van der Waals surface area contributed by atoms with E-state index in [-0.39, 0.29) is 5.69 Å². The SMILES string of the molecule is Cc1ccc2nc(C(C#N)=Cc3ccc(N(C)C)c([N+](=O)[O-])c3)[nH]c2c1. The van der Waals surface area contributed by atoms with Crippen molar-refractivity contribution in [2.45, 2.75) is 6.92 Å². The highest BCUT2D eigenvalue weighted by Crippen LogP contribution is 2.29. The molecular formula is C19H17N5O2. The van der Waals surface area contributed by atoms with E-state index in [9.17, 15) is 15.4 Å². The third kappa shape index (κ3) is 3.26. The maximum Gasteiger partial charge on any atom is 0.293 e. The summed E-state index contributed by atoms with van der Waals surface area (Å²) in [5.41, 5.74) is 4.06. The fourth-order valence-corrected chi connectivity index (χ4v) is 2.73. The molecule has 0 spiro atoms. The Morgan fingerprint density at radius 1 is 1.31 bits per heavy atom. The number of hydrogen-bond acceptors (Lipinski definition) is 5. The zero-order valence-electron chi connectivity index (χ0n) is 14.6. The number of rotatable bonds is 4. The first kappa shape index (κ1) is 17.2. The van der Waals surface area contributed by atoms with E-state index in [1.54, 1.807) is 37.2 Å². The molecule has 1 aromatic heterocycles. The standard InChI is InChI=1S/C19H17N5O2/c1-12-4-6-15-16(8-12)22-19(21-15)14(11-20)9-13-5-7-17(23(2)3)18(10-13)24(25)26/h4-10H,1-3H3,(H,21,22). The van der Waals surface area contributed by atoms with Gasteiger partial charge in [-0.15, -0.1) is 0 Å². The number of aromatic amines is 1. The van der Waals surface area contributed by atoms with Gasteiger partial charge in [0.1, 0.15) is 17.6 Å². The fourth-order valence-electron chi connectivity index (χ4n) is 2.73. The third-order valence-corrected chi connectivity index (χ3v) is 4.00. The summed E-state index contributed by atoms with van der Waals surface area (Å²) in [6.45, 7) is 1.98. The minimum Gasteiger partial charge on any atom is -0.372 e. The molecule has 7 heteroatoms. The van der Waals surface area contributed by atoms with Gasteiger partial charge in [0, 0.05) is 20.2 Å². The van der Waals surface area contributed by atoms with E-state index in [4.69, 9.17) is 0 Å². The lowest BCUT2D eigenvalue weighted by molar-refractivity contribution is -0.384. The monoisotopic (exact) mass is 347 g/mol. The summed E-state index contributed by atoms with van der Waals surface area (Å²) >= 11 is 0. The van der Waals surface area contributed by atoms with Gasteiger partial charge in [0.15, 0.2) is 0 Å². The topological polar surface area (TPSA) is 98.8 Å². The van der Waals surface area contributed by atoms with Crippen molar-refractivity contribution in [1.82, 2.24) is 9.97 Å². The second-order valence-electron chi connectivity index (χ2n) is 6.18. The number of allylic oxidation sites excluding steroid dienone is 1. The normalized spacial score (nSPS) is 11.4. The number of hydrogen-bond donors (Lipinski definition) is 1. The van der Waals surface area contributed by atoms with Crippen LogP contribution < -0.4 is 4.90 Å². The summed E-state index contributed by atoms with van der Waals surface area (Å²) in [6, 6.07) is 12.8. The van der Waals surface area contributed by atoms with E-state index >= 15 is 0 Å². The number of nitrogens with one attached hydrogen (secondary N) is 1. The fraction of sp³-hybridized carbons (Fsp3) is 0.158. The van der Waals surface area contributed by atoms with Gasteiger partial charge in [0.2, 0.25) is 0 Å². The second kappa shape index (κ2) is 6.69. The number of benzene rings is 2. The van der Waals surface area contributed by atoms with Crippen molar-refractivity contribution in [1.29, 1.82) is 5.26 Å². The summed E-state index contributed by atoms with van der Waals surface area (Å²) in [4.78, 5) is 20.1. The Morgan fingerprint density at radius 2 is 2.08 bits per heavy atom. The predicted octanol–water partition coefficient (Wildman–Crippen LogP) is 3.91. The van der Waals surface area contributed by atoms with Crippen molar-refractivity contribution in [3.05, 3.63) is 63.5 Å². The average molecular weight is 347 g/mol. The van der Waals surface area contributed by atoms with E-state index in [0.29, 0.717) is 22.6 Å². The summed E-state index contributed by atoms with van der Waals surface area (Å²) in [7, 11) is 3.49. The van der Waals surface area contributed by atoms with Crippen LogP contribution in [0.15, 0.2) is 36.4 Å². The van der Waals surface area contributed by atoms with Crippen LogP contribution in [0.3, 0.4) is 0 Å². The molecule has 3 rings (SSSR count). The molecule has 0 bridgehead atoms. The summed E-state index contributed by atoms with van der Waals surface area (Å²) in [5, 5.41) is 20.8. The van der Waals surface area contributed by atoms with Crippen LogP contribution >= 0.6 is 0 Å². The molecule has 0 unspecified atom stereocenters. The van der Waals surface area contributed by atoms with Crippen LogP contribution in [0.25, 0.3) is 22.7 Å². The predicted molar refractivity (Wildman–Crippen MR) is 102 cm³/mol. The third-order valence-electron chi connectivity index (χ3n) is 4.00. The van der Waals surface area contributed by atoms with Gasteiger partial charge < -0.3 is 9.88 Å². The molecule has 1 heterocycles. The molecule has 0 aliphatic rings. The molecule has 0 saturated heterocycles. The Labute approximate surface area is 150 Å². The van der Waals surface area contributed by atoms with Crippen molar-refractivity contribution >= 4 is 34.1 Å². The number of nitrogens with zero attached hydrogens (tertiary/aromatic N) is 4. The Bertz CT molecular complexity index is 1070. The number of nitro benzene ring substituents is 1. The van der Waals surface area contributed by atoms with Gasteiger partial charge in [-0.3, -0.25) is 10.1 Å². The van der Waals surface area contributed by atoms with Crippen molar-refractivity contribution in [3.63, 3.8) is 0 Å². The number of imidazole rings is 1. The molecule has 0 atom stereocenters. The number of anilines is 1. The molecule has 0 aliphatic carbocycles. The lowest BCUT2D eigenvalue weighted by Crippen LogP contribution is -2.11. The minimum absolute atomic E-state index is 0.0127. The van der Waals surface area contributed by atoms with Gasteiger partial charge in [0.25, 0.3) is 5.69 Å². The number of H-pyrrole nitrogens is 1. The number of aryl methyl sites for hydroxylation is 1. The van der Waals surface area contributed by atoms with Crippen LogP contribution in [0, 0.1) is 28.4 Å². The van der Waals surface area contributed by atoms with Crippen LogP contribution in [-0.4, -0.2) is 29.0 Å². The Kier molecular flexibility index (Phi) is 4.42. The van der Waals surface area contributed by atoms with Gasteiger partial charge in [-0.25, -0.2) is 4.98 Å². The number of fused-ring (bicyclic) bond motifs is 1. The Hall–Kier alpha value is -3.66. The van der Waals surface area contributed by atoms with Crippen LogP contribution in [0.1, 0.15) is 17.0 Å². The maximum absolute atomic E-state index is 11.3. The van der Waals surface area contributed by atoms with Gasteiger partial charge in [-0.05, 0) is 42.3 Å². The lowest BCUT2D eigenvalue weighted by atomic mass is 10.1. The molecule has 0 amide bonds. The van der Waals surface area contributed by atoms with Gasteiger partial charge in [-0.1, -0.05) is 12.1 Å². The molecule has 130 valence electrons. The largest absolute Gasteiger partial charge is 0.372 e. The van der Waals surface area contributed by atoms with Crippen molar-refractivity contribution in [3.8, 4) is 6.07 Å². The van der Waals surface area contributed by atoms with E-state index < -0.39 is 4.92 Å². The highest BCUT2D eigenvalue weighted by atomic mass is 16.6. The smallest absolute Gasteiger partial charge is 0.293 e. The summed E-state index contributed by atoms with van der Waals surface area (Å²) < 4.78 is 0. The Morgan fingerprint density at radius 3 is 2.73 bits per heavy atom. The molecule has 3 aromatic rings. The van der Waals surface area contributed by atoms with Crippen molar-refractivity contribution in [2.24, 2.45) is 0 Å². The number of nitriles is 1. The molecule has 1 N–H and O–H groups in total. The summed E-state index contributed by atoms with van der Waals surface area (Å²) in [6.07, 6.45) is 1.59. The van der Waals surface area contributed by atoms with Gasteiger partial charge >= 0.3 is 0 Å². The van der Waals surface area contributed by atoms with Crippen LogP contribution in [-0.2, 0) is 0 Å². The first-order valence-electron chi connectivity index (χ1n) is 7.93. The number of aromatic nitrogens is 2. The molecule has 0 saturated carbocycles. The highest BCUT2D eigenvalue weighted by molar-refractivity contribution is 5.91. The molecule has 0 radical (unpaired) electrons. The molecule has 7 nitrogen and oxygen atoms in total. The van der Waals surface area contributed by atoms with Crippen LogP contribution in [0.2, 0.25) is 0 Å². The minimum atomic E-state index is -0.428. The molecule has 0 fully saturated rings. The highest BCUT2D eigenvalue weighted by Gasteiger charge is 2.16. The van der Waals surface area contributed by atoms with E-state index in [1.807, 2.05) is 25.1 Å². The average Bonchev–Trinajstić information content (AvgIpc) is 3.02. The molecular weight excluding hydrogens is 330 g/mol. The van der Waals surface area contributed by atoms with Crippen molar-refractivity contribution in [2.75, 3.05) is 19.0 Å². The molecule has 0 aliphatic heterocycles. The van der Waals surface area contributed by atoms with E-state index in [0.717, 1.165) is 16.6 Å². The van der Waals surface area contributed by atoms with Crippen molar-refractivity contribution < 1.29 is 4.92 Å². The second-order valence-corrected chi connectivity index (χ2v) is 6.18. The zero-order valence-corrected chi connectivity index (χ0v) is 14.6. The zero-order chi connectivity index (χ0) is 18.8. The molecule has 26 heavy (non-hydrogen) atoms. The van der Waals surface area contributed by atoms with Crippen LogP contribution in [0.4, 0.5) is 11.4 Å². The molecule has 2 aromatic carbocycles. The summed E-state index contributed by atoms with van der Waals surface area (Å²) in [5.74, 6) is 0.437. The van der Waals surface area contributed by atoms with E-state index in [2.05, 4.69) is 16.0 Å². The van der Waals surface area contributed by atoms with Gasteiger partial charge in [-0.2, -0.15) is 5.26 Å². The first-order valence-corrected chi connectivity index (χ1v) is 7.93. The first-order chi connectivity index (χ1) is 12.4.